The average Bonchev–Trinajstić information content (AvgIpc) is 2.45. The van der Waals surface area contributed by atoms with Crippen LogP contribution in [-0.2, 0) is 6.18 Å². The zero-order valence-electron chi connectivity index (χ0n) is 10.4. The Balaban J connectivity index is 1.99. The number of ether oxygens (including phenoxy) is 1. The van der Waals surface area contributed by atoms with Crippen molar-refractivity contribution < 1.29 is 22.7 Å². The normalized spacial score (nSPS) is 11.2. The van der Waals surface area contributed by atoms with Gasteiger partial charge in [-0.25, -0.2) is 0 Å². The van der Waals surface area contributed by atoms with E-state index in [9.17, 15) is 18.0 Å². The minimum atomic E-state index is -4.40. The van der Waals surface area contributed by atoms with Crippen molar-refractivity contribution in [2.24, 2.45) is 0 Å². The number of benzene rings is 2. The molecule has 104 valence electrons. The van der Waals surface area contributed by atoms with E-state index in [1.54, 1.807) is 24.3 Å². The van der Waals surface area contributed by atoms with Crippen molar-refractivity contribution in [1.82, 2.24) is 0 Å². The Labute approximate surface area is 113 Å². The summed E-state index contributed by atoms with van der Waals surface area (Å²) in [4.78, 5) is 11.8. The number of hydrogen-bond donors (Lipinski definition) is 0. The third kappa shape index (κ3) is 3.60. The topological polar surface area (TPSA) is 26.3 Å². The van der Waals surface area contributed by atoms with Gasteiger partial charge in [-0.3, -0.25) is 4.79 Å². The molecule has 0 bridgehead atoms. The van der Waals surface area contributed by atoms with Crippen molar-refractivity contribution in [3.05, 3.63) is 65.7 Å². The van der Waals surface area contributed by atoms with Gasteiger partial charge in [0.2, 0.25) is 0 Å². The summed E-state index contributed by atoms with van der Waals surface area (Å²) < 4.78 is 42.4. The van der Waals surface area contributed by atoms with E-state index < -0.39 is 11.7 Å². The maximum atomic E-state index is 12.4. The fraction of sp³-hybridized carbons (Fsp3) is 0.133. The quantitative estimate of drug-likeness (QED) is 0.792. The minimum Gasteiger partial charge on any atom is -0.485 e. The summed E-state index contributed by atoms with van der Waals surface area (Å²) in [5.41, 5.74) is -0.591. The van der Waals surface area contributed by atoms with E-state index >= 15 is 0 Å². The molecular formula is C15H11F3O2. The van der Waals surface area contributed by atoms with E-state index in [0.717, 1.165) is 24.3 Å². The molecule has 0 spiro atoms. The molecule has 0 amide bonds. The van der Waals surface area contributed by atoms with Gasteiger partial charge in [0.1, 0.15) is 5.75 Å². The van der Waals surface area contributed by atoms with Gasteiger partial charge in [-0.2, -0.15) is 13.2 Å². The van der Waals surface area contributed by atoms with Crippen LogP contribution in [0.3, 0.4) is 0 Å². The van der Waals surface area contributed by atoms with Crippen molar-refractivity contribution in [3.8, 4) is 5.75 Å². The molecule has 5 heteroatoms. The van der Waals surface area contributed by atoms with Crippen LogP contribution < -0.4 is 4.74 Å². The lowest BCUT2D eigenvalue weighted by atomic mass is 10.1. The molecule has 0 aliphatic heterocycles. The first-order valence-corrected chi connectivity index (χ1v) is 5.85. The lowest BCUT2D eigenvalue weighted by Crippen LogP contribution is -2.12. The van der Waals surface area contributed by atoms with Crippen molar-refractivity contribution in [3.63, 3.8) is 0 Å². The molecule has 20 heavy (non-hydrogen) atoms. The predicted molar refractivity (Wildman–Crippen MR) is 67.7 cm³/mol. The number of ketones is 1. The minimum absolute atomic E-state index is 0.189. The number of Topliss-reactive ketones (excluding diaryl/α,β-unsaturated/α-hetero) is 1. The largest absolute Gasteiger partial charge is 0.485 e. The average molecular weight is 280 g/mol. The Morgan fingerprint density at radius 1 is 0.950 bits per heavy atom. The predicted octanol–water partition coefficient (Wildman–Crippen LogP) is 3.97. The monoisotopic (exact) mass is 280 g/mol. The molecule has 0 radical (unpaired) electrons. The van der Waals surface area contributed by atoms with Gasteiger partial charge < -0.3 is 4.74 Å². The molecule has 2 nitrogen and oxygen atoms in total. The third-order valence-electron chi connectivity index (χ3n) is 2.65. The fourth-order valence-corrected chi connectivity index (χ4v) is 1.59. The number of para-hydroxylation sites is 1. The zero-order valence-corrected chi connectivity index (χ0v) is 10.4. The number of carbonyl (C=O) groups is 1. The molecule has 0 aliphatic rings. The van der Waals surface area contributed by atoms with Gasteiger partial charge in [0.15, 0.2) is 12.4 Å². The number of halogens is 3. The van der Waals surface area contributed by atoms with Gasteiger partial charge in [-0.05, 0) is 24.3 Å². The Morgan fingerprint density at radius 3 is 2.10 bits per heavy atom. The molecule has 0 saturated heterocycles. The third-order valence-corrected chi connectivity index (χ3v) is 2.65. The first kappa shape index (κ1) is 14.1. The smallest absolute Gasteiger partial charge is 0.416 e. The van der Waals surface area contributed by atoms with Crippen LogP contribution in [0.4, 0.5) is 13.2 Å². The van der Waals surface area contributed by atoms with Crippen molar-refractivity contribution >= 4 is 5.78 Å². The first-order valence-electron chi connectivity index (χ1n) is 5.85. The maximum absolute atomic E-state index is 12.4. The lowest BCUT2D eigenvalue weighted by Gasteiger charge is -2.08. The second kappa shape index (κ2) is 5.77. The summed E-state index contributed by atoms with van der Waals surface area (Å²) in [6.07, 6.45) is -4.40. The van der Waals surface area contributed by atoms with Crippen molar-refractivity contribution in [1.29, 1.82) is 0 Å². The maximum Gasteiger partial charge on any atom is 0.416 e. The lowest BCUT2D eigenvalue weighted by molar-refractivity contribution is -0.137. The molecular weight excluding hydrogens is 269 g/mol. The highest BCUT2D eigenvalue weighted by Gasteiger charge is 2.30. The highest BCUT2D eigenvalue weighted by Crippen LogP contribution is 2.29. The summed E-state index contributed by atoms with van der Waals surface area (Å²) in [6, 6.07) is 12.8. The van der Waals surface area contributed by atoms with Crippen LogP contribution in [0.2, 0.25) is 0 Å². The van der Waals surface area contributed by atoms with Gasteiger partial charge >= 0.3 is 6.18 Å². The van der Waals surface area contributed by atoms with Gasteiger partial charge in [-0.1, -0.05) is 30.3 Å². The molecule has 2 rings (SSSR count). The summed E-state index contributed by atoms with van der Waals surface area (Å²) in [7, 11) is 0. The SMILES string of the molecule is O=C(COc1ccccc1)c1ccc(C(F)(F)F)cc1. The Morgan fingerprint density at radius 2 is 1.55 bits per heavy atom. The van der Waals surface area contributed by atoms with Crippen LogP contribution in [0.5, 0.6) is 5.75 Å². The number of alkyl halides is 3. The van der Waals surface area contributed by atoms with Crippen molar-refractivity contribution in [2.45, 2.75) is 6.18 Å². The Hall–Kier alpha value is -2.30. The van der Waals surface area contributed by atoms with Crippen LogP contribution in [0, 0.1) is 0 Å². The van der Waals surface area contributed by atoms with Gasteiger partial charge in [0.05, 0.1) is 5.56 Å². The van der Waals surface area contributed by atoms with Gasteiger partial charge in [0.25, 0.3) is 0 Å². The van der Waals surface area contributed by atoms with Crippen LogP contribution in [0.15, 0.2) is 54.6 Å². The summed E-state index contributed by atoms with van der Waals surface area (Å²) in [6.45, 7) is -0.213. The van der Waals surface area contributed by atoms with E-state index in [1.165, 1.54) is 0 Å². The Kier molecular flexibility index (Phi) is 4.08. The standard InChI is InChI=1S/C15H11F3O2/c16-15(17,18)12-8-6-11(7-9-12)14(19)10-20-13-4-2-1-3-5-13/h1-9H,10H2. The fourth-order valence-electron chi connectivity index (χ4n) is 1.59. The Bertz CT molecular complexity index is 574. The highest BCUT2D eigenvalue weighted by atomic mass is 19.4. The first-order chi connectivity index (χ1) is 9.47. The molecule has 0 unspecified atom stereocenters. The van der Waals surface area contributed by atoms with Crippen molar-refractivity contribution in [2.75, 3.05) is 6.61 Å². The molecule has 0 saturated carbocycles. The van der Waals surface area contributed by atoms with Crippen LogP contribution in [0.25, 0.3) is 0 Å². The molecule has 2 aromatic carbocycles. The summed E-state index contributed by atoms with van der Waals surface area (Å²) >= 11 is 0. The van der Waals surface area contributed by atoms with Crippen LogP contribution >= 0.6 is 0 Å². The number of hydrogen-bond acceptors (Lipinski definition) is 2. The van der Waals surface area contributed by atoms with Crippen LogP contribution in [0.1, 0.15) is 15.9 Å². The molecule has 0 aliphatic carbocycles. The van der Waals surface area contributed by atoms with E-state index in [4.69, 9.17) is 4.74 Å². The molecule has 0 N–H and O–H groups in total. The highest BCUT2D eigenvalue weighted by molar-refractivity contribution is 5.97. The second-order valence-electron chi connectivity index (χ2n) is 4.10. The van der Waals surface area contributed by atoms with Gasteiger partial charge in [-0.15, -0.1) is 0 Å². The van der Waals surface area contributed by atoms with Crippen LogP contribution in [-0.4, -0.2) is 12.4 Å². The van der Waals surface area contributed by atoms with E-state index in [1.807, 2.05) is 6.07 Å². The number of rotatable bonds is 4. The molecule has 0 heterocycles. The molecule has 0 fully saturated rings. The van der Waals surface area contributed by atoms with Gasteiger partial charge in [0, 0.05) is 5.56 Å². The van der Waals surface area contributed by atoms with E-state index in [-0.39, 0.29) is 18.0 Å². The van der Waals surface area contributed by atoms with E-state index in [0.29, 0.717) is 5.75 Å². The zero-order chi connectivity index (χ0) is 14.6. The number of carbonyl (C=O) groups excluding carboxylic acids is 1. The second-order valence-corrected chi connectivity index (χ2v) is 4.10. The summed E-state index contributed by atoms with van der Waals surface area (Å²) in [5.74, 6) is 0.162. The summed E-state index contributed by atoms with van der Waals surface area (Å²) in [5, 5.41) is 0. The molecule has 0 atom stereocenters. The molecule has 0 aromatic heterocycles. The van der Waals surface area contributed by atoms with E-state index in [2.05, 4.69) is 0 Å². The molecule has 2 aromatic rings.